The first-order valence-electron chi connectivity index (χ1n) is 19.6. The van der Waals surface area contributed by atoms with E-state index in [1.54, 1.807) is 0 Å². The number of para-hydroxylation sites is 2. The zero-order valence-electron chi connectivity index (χ0n) is 31.2. The van der Waals surface area contributed by atoms with Gasteiger partial charge in [-0.1, -0.05) is 176 Å². The van der Waals surface area contributed by atoms with Crippen molar-refractivity contribution in [3.63, 3.8) is 0 Å². The van der Waals surface area contributed by atoms with Crippen LogP contribution < -0.4 is 4.90 Å². The van der Waals surface area contributed by atoms with E-state index < -0.39 is 5.41 Å². The van der Waals surface area contributed by atoms with Gasteiger partial charge in [0, 0.05) is 39.5 Å². The quantitative estimate of drug-likeness (QED) is 0.163. The van der Waals surface area contributed by atoms with Gasteiger partial charge in [0.1, 0.15) is 11.2 Å². The summed E-state index contributed by atoms with van der Waals surface area (Å²) in [5.41, 5.74) is 16.6. The number of rotatable bonds is 7. The molecule has 11 rings (SSSR count). The van der Waals surface area contributed by atoms with Gasteiger partial charge in [0.25, 0.3) is 0 Å². The molecule has 1 aliphatic rings. The molecule has 1 aromatic heterocycles. The van der Waals surface area contributed by atoms with Crippen LogP contribution in [-0.4, -0.2) is 0 Å². The molecule has 57 heavy (non-hydrogen) atoms. The predicted octanol–water partition coefficient (Wildman–Crippen LogP) is 14.8. The fraction of sp³-hybridized carbons (Fsp3) is 0.0182. The van der Waals surface area contributed by atoms with Crippen molar-refractivity contribution in [3.05, 3.63) is 247 Å². The standard InChI is InChI=1S/C55H37NO/c1-4-17-38(18-5-1)39-19-14-20-40(35-39)41-21-15-26-44(36-41)56(43-24-8-3-9-25-43)45-33-34-48-49-29-16-32-52(54(49)57-53(48)37-45)55(42-22-6-2-7-23-42)50-30-12-10-27-46(50)47-28-11-13-31-51(47)55/h1-37H. The molecule has 0 amide bonds. The molecule has 0 saturated carbocycles. The number of hydrogen-bond donors (Lipinski definition) is 0. The maximum Gasteiger partial charge on any atom is 0.140 e. The molecule has 0 fully saturated rings. The Balaban J connectivity index is 1.09. The molecule has 0 spiro atoms. The summed E-state index contributed by atoms with van der Waals surface area (Å²) >= 11 is 0. The van der Waals surface area contributed by atoms with E-state index in [0.29, 0.717) is 0 Å². The van der Waals surface area contributed by atoms with Gasteiger partial charge < -0.3 is 9.32 Å². The third-order valence-corrected chi connectivity index (χ3v) is 11.7. The summed E-state index contributed by atoms with van der Waals surface area (Å²) in [6, 6.07) is 80.8. The molecular formula is C55H37NO. The van der Waals surface area contributed by atoms with E-state index in [1.807, 2.05) is 0 Å². The van der Waals surface area contributed by atoms with Crippen molar-refractivity contribution in [1.29, 1.82) is 0 Å². The van der Waals surface area contributed by atoms with Crippen molar-refractivity contribution >= 4 is 39.0 Å². The zero-order chi connectivity index (χ0) is 37.8. The van der Waals surface area contributed by atoms with Crippen LogP contribution >= 0.6 is 0 Å². The summed E-state index contributed by atoms with van der Waals surface area (Å²) < 4.78 is 7.16. The highest BCUT2D eigenvalue weighted by Gasteiger charge is 2.47. The van der Waals surface area contributed by atoms with Gasteiger partial charge in [-0.05, 0) is 92.5 Å². The Bertz CT molecular complexity index is 3030. The maximum absolute atomic E-state index is 7.16. The zero-order valence-corrected chi connectivity index (χ0v) is 31.2. The van der Waals surface area contributed by atoms with Crippen LogP contribution in [-0.2, 0) is 5.41 Å². The van der Waals surface area contributed by atoms with E-state index in [1.165, 1.54) is 44.5 Å². The third-order valence-electron chi connectivity index (χ3n) is 11.7. The van der Waals surface area contributed by atoms with Crippen LogP contribution in [0, 0.1) is 0 Å². The van der Waals surface area contributed by atoms with E-state index >= 15 is 0 Å². The van der Waals surface area contributed by atoms with Crippen LogP contribution in [0.2, 0.25) is 0 Å². The largest absolute Gasteiger partial charge is 0.456 e. The third kappa shape index (κ3) is 5.26. The van der Waals surface area contributed by atoms with Gasteiger partial charge in [0.2, 0.25) is 0 Å². The highest BCUT2D eigenvalue weighted by atomic mass is 16.3. The molecule has 0 atom stereocenters. The number of benzene rings is 9. The van der Waals surface area contributed by atoms with Gasteiger partial charge >= 0.3 is 0 Å². The van der Waals surface area contributed by atoms with E-state index in [9.17, 15) is 0 Å². The molecule has 0 aliphatic heterocycles. The van der Waals surface area contributed by atoms with E-state index in [2.05, 4.69) is 229 Å². The number of fused-ring (bicyclic) bond motifs is 6. The SMILES string of the molecule is c1ccc(-c2cccc(-c3cccc(N(c4ccccc4)c4ccc5c(c4)oc4c(C6(c7ccccc7)c7ccccc7-c7ccccc76)cccc45)c3)c2)cc1. The Kier molecular flexibility index (Phi) is 7.75. The molecule has 1 heterocycles. The molecule has 268 valence electrons. The van der Waals surface area contributed by atoms with Crippen LogP contribution in [0.4, 0.5) is 17.1 Å². The number of furan rings is 1. The predicted molar refractivity (Wildman–Crippen MR) is 237 cm³/mol. The smallest absolute Gasteiger partial charge is 0.140 e. The number of nitrogens with zero attached hydrogens (tertiary/aromatic N) is 1. The number of hydrogen-bond acceptors (Lipinski definition) is 2. The van der Waals surface area contributed by atoms with Crippen molar-refractivity contribution in [2.45, 2.75) is 5.41 Å². The Hall–Kier alpha value is -7.42. The van der Waals surface area contributed by atoms with Crippen molar-refractivity contribution < 1.29 is 4.42 Å². The first kappa shape index (κ1) is 33.0. The van der Waals surface area contributed by atoms with Gasteiger partial charge in [0.15, 0.2) is 0 Å². The van der Waals surface area contributed by atoms with Crippen LogP contribution in [0.5, 0.6) is 0 Å². The Morgan fingerprint density at radius 3 is 1.56 bits per heavy atom. The molecule has 0 saturated heterocycles. The highest BCUT2D eigenvalue weighted by Crippen LogP contribution is 2.57. The molecule has 0 N–H and O–H groups in total. The van der Waals surface area contributed by atoms with Gasteiger partial charge in [-0.2, -0.15) is 0 Å². The van der Waals surface area contributed by atoms with Gasteiger partial charge in [0.05, 0.1) is 5.41 Å². The van der Waals surface area contributed by atoms with Crippen molar-refractivity contribution in [3.8, 4) is 33.4 Å². The molecule has 0 unspecified atom stereocenters. The van der Waals surface area contributed by atoms with Gasteiger partial charge in [-0.15, -0.1) is 0 Å². The van der Waals surface area contributed by atoms with Crippen LogP contribution in [0.15, 0.2) is 229 Å². The normalized spacial score (nSPS) is 12.7. The average molecular weight is 728 g/mol. The lowest BCUT2D eigenvalue weighted by Crippen LogP contribution is -2.28. The first-order valence-corrected chi connectivity index (χ1v) is 19.6. The monoisotopic (exact) mass is 727 g/mol. The topological polar surface area (TPSA) is 16.4 Å². The summed E-state index contributed by atoms with van der Waals surface area (Å²) in [6.07, 6.45) is 0. The second kappa shape index (κ2) is 13.4. The van der Waals surface area contributed by atoms with Crippen molar-refractivity contribution in [2.75, 3.05) is 4.90 Å². The number of anilines is 3. The lowest BCUT2D eigenvalue weighted by atomic mass is 9.67. The van der Waals surface area contributed by atoms with E-state index in [4.69, 9.17) is 4.42 Å². The van der Waals surface area contributed by atoms with Crippen molar-refractivity contribution in [1.82, 2.24) is 0 Å². The van der Waals surface area contributed by atoms with Gasteiger partial charge in [-0.3, -0.25) is 0 Å². The lowest BCUT2D eigenvalue weighted by molar-refractivity contribution is 0.648. The molecule has 10 aromatic rings. The second-order valence-electron chi connectivity index (χ2n) is 14.8. The maximum atomic E-state index is 7.16. The van der Waals surface area contributed by atoms with Crippen LogP contribution in [0.25, 0.3) is 55.3 Å². The minimum absolute atomic E-state index is 0.557. The fourth-order valence-corrected chi connectivity index (χ4v) is 9.26. The molecule has 0 bridgehead atoms. The summed E-state index contributed by atoms with van der Waals surface area (Å²) in [6.45, 7) is 0. The average Bonchev–Trinajstić information content (AvgIpc) is 3.81. The minimum Gasteiger partial charge on any atom is -0.456 e. The molecule has 9 aromatic carbocycles. The first-order chi connectivity index (χ1) is 28.3. The van der Waals surface area contributed by atoms with Crippen LogP contribution in [0.3, 0.4) is 0 Å². The molecule has 0 radical (unpaired) electrons. The highest BCUT2D eigenvalue weighted by molar-refractivity contribution is 6.08. The van der Waals surface area contributed by atoms with Crippen LogP contribution in [0.1, 0.15) is 22.3 Å². The lowest BCUT2D eigenvalue weighted by Gasteiger charge is -2.33. The Morgan fingerprint density at radius 1 is 0.333 bits per heavy atom. The Morgan fingerprint density at radius 2 is 0.842 bits per heavy atom. The molecule has 1 aliphatic carbocycles. The summed E-state index contributed by atoms with van der Waals surface area (Å²) in [5.74, 6) is 0. The minimum atomic E-state index is -0.557. The summed E-state index contributed by atoms with van der Waals surface area (Å²) in [7, 11) is 0. The van der Waals surface area contributed by atoms with Gasteiger partial charge in [-0.25, -0.2) is 0 Å². The molecule has 2 nitrogen and oxygen atoms in total. The summed E-state index contributed by atoms with van der Waals surface area (Å²) in [5, 5.41) is 2.20. The second-order valence-corrected chi connectivity index (χ2v) is 14.8. The van der Waals surface area contributed by atoms with E-state index in [-0.39, 0.29) is 0 Å². The van der Waals surface area contributed by atoms with E-state index in [0.717, 1.165) is 50.1 Å². The van der Waals surface area contributed by atoms with Crippen molar-refractivity contribution in [2.24, 2.45) is 0 Å². The molecule has 2 heteroatoms. The fourth-order valence-electron chi connectivity index (χ4n) is 9.26. The molecular weight excluding hydrogens is 691 g/mol. The Labute approximate surface area is 332 Å². The summed E-state index contributed by atoms with van der Waals surface area (Å²) in [4.78, 5) is 2.33.